The van der Waals surface area contributed by atoms with Crippen LogP contribution in [0.15, 0.2) is 6.07 Å². The fourth-order valence-corrected chi connectivity index (χ4v) is 2.13. The highest BCUT2D eigenvalue weighted by Gasteiger charge is 2.35. The van der Waals surface area contributed by atoms with Crippen LogP contribution in [0.2, 0.25) is 0 Å². The topological polar surface area (TPSA) is 55.8 Å². The maximum atomic E-state index is 11.6. The average molecular weight is 222 g/mol. The molecule has 0 aromatic heterocycles. The van der Waals surface area contributed by atoms with Crippen LogP contribution >= 0.6 is 0 Å². The number of aromatic hydroxyl groups is 1. The summed E-state index contributed by atoms with van der Waals surface area (Å²) >= 11 is 0. The van der Waals surface area contributed by atoms with Crippen LogP contribution in [0.3, 0.4) is 0 Å². The molecule has 0 aliphatic carbocycles. The Morgan fingerprint density at radius 2 is 2.25 bits per heavy atom. The molecular weight excluding hydrogens is 208 g/mol. The molecule has 0 amide bonds. The van der Waals surface area contributed by atoms with Crippen molar-refractivity contribution in [3.05, 3.63) is 22.8 Å². The van der Waals surface area contributed by atoms with E-state index in [4.69, 9.17) is 9.47 Å². The maximum absolute atomic E-state index is 11.6. The number of carbonyl (C=O) groups is 1. The number of rotatable bonds is 2. The summed E-state index contributed by atoms with van der Waals surface area (Å²) in [4.78, 5) is 11.6. The Morgan fingerprint density at radius 1 is 1.56 bits per heavy atom. The molecule has 0 spiro atoms. The number of methoxy groups -OCH3 is 1. The van der Waals surface area contributed by atoms with Gasteiger partial charge < -0.3 is 14.6 Å². The molecule has 0 fully saturated rings. The van der Waals surface area contributed by atoms with Crippen LogP contribution in [-0.4, -0.2) is 18.2 Å². The molecule has 4 heteroatoms. The highest BCUT2D eigenvalue weighted by molar-refractivity contribution is 5.97. The third-order valence-electron chi connectivity index (χ3n) is 2.93. The van der Waals surface area contributed by atoms with Gasteiger partial charge in [-0.05, 0) is 18.9 Å². The summed E-state index contributed by atoms with van der Waals surface area (Å²) < 4.78 is 10.3. The first-order chi connectivity index (χ1) is 7.60. The quantitative estimate of drug-likeness (QED) is 0.780. The zero-order valence-corrected chi connectivity index (χ0v) is 9.53. The Hall–Kier alpha value is -1.71. The van der Waals surface area contributed by atoms with Gasteiger partial charge in [0, 0.05) is 11.6 Å². The second-order valence-corrected chi connectivity index (χ2v) is 3.81. The summed E-state index contributed by atoms with van der Waals surface area (Å²) in [6, 6.07) is 1.45. The van der Waals surface area contributed by atoms with Crippen molar-refractivity contribution in [3.8, 4) is 11.5 Å². The second-order valence-electron chi connectivity index (χ2n) is 3.81. The van der Waals surface area contributed by atoms with Gasteiger partial charge in [-0.3, -0.25) is 0 Å². The molecule has 1 atom stereocenters. The molecule has 1 aliphatic heterocycles. The van der Waals surface area contributed by atoms with Crippen molar-refractivity contribution in [2.45, 2.75) is 26.4 Å². The van der Waals surface area contributed by atoms with Crippen molar-refractivity contribution in [3.63, 3.8) is 0 Å². The number of ether oxygens (including phenoxy) is 2. The summed E-state index contributed by atoms with van der Waals surface area (Å²) in [5, 5.41) is 9.77. The molecule has 0 bridgehead atoms. The van der Waals surface area contributed by atoms with Gasteiger partial charge in [-0.1, -0.05) is 6.92 Å². The Bertz CT molecular complexity index is 451. The number of phenolic OH excluding ortho intramolecular Hbond substituents is 1. The molecule has 86 valence electrons. The standard InChI is InChI=1S/C12H14O4/c1-4-8-10-6(2)9(15-3)5-7(13)11(10)12(14)16-8/h5,8,13H,4H2,1-3H3. The van der Waals surface area contributed by atoms with Crippen molar-refractivity contribution in [2.24, 2.45) is 0 Å². The van der Waals surface area contributed by atoms with E-state index in [2.05, 4.69) is 0 Å². The highest BCUT2D eigenvalue weighted by atomic mass is 16.5. The number of hydrogen-bond donors (Lipinski definition) is 1. The zero-order valence-electron chi connectivity index (χ0n) is 9.53. The number of cyclic esters (lactones) is 1. The molecule has 0 radical (unpaired) electrons. The van der Waals surface area contributed by atoms with Gasteiger partial charge in [-0.25, -0.2) is 4.79 Å². The Morgan fingerprint density at radius 3 is 2.81 bits per heavy atom. The summed E-state index contributed by atoms with van der Waals surface area (Å²) in [5.41, 5.74) is 1.89. The van der Waals surface area contributed by atoms with E-state index in [0.29, 0.717) is 12.2 Å². The number of hydrogen-bond acceptors (Lipinski definition) is 4. The van der Waals surface area contributed by atoms with Crippen LogP contribution in [-0.2, 0) is 4.74 Å². The molecule has 4 nitrogen and oxygen atoms in total. The molecule has 1 aliphatic rings. The van der Waals surface area contributed by atoms with Gasteiger partial charge in [0.15, 0.2) is 0 Å². The lowest BCUT2D eigenvalue weighted by Gasteiger charge is -2.13. The van der Waals surface area contributed by atoms with Gasteiger partial charge >= 0.3 is 5.97 Å². The van der Waals surface area contributed by atoms with Crippen molar-refractivity contribution in [1.82, 2.24) is 0 Å². The monoisotopic (exact) mass is 222 g/mol. The fourth-order valence-electron chi connectivity index (χ4n) is 2.13. The van der Waals surface area contributed by atoms with Crippen LogP contribution < -0.4 is 4.74 Å². The van der Waals surface area contributed by atoms with Crippen molar-refractivity contribution >= 4 is 5.97 Å². The van der Waals surface area contributed by atoms with E-state index in [-0.39, 0.29) is 17.4 Å². The predicted octanol–water partition coefficient (Wildman–Crippen LogP) is 2.33. The molecule has 1 heterocycles. The lowest BCUT2D eigenvalue weighted by Crippen LogP contribution is -1.99. The lowest BCUT2D eigenvalue weighted by atomic mass is 9.96. The van der Waals surface area contributed by atoms with E-state index in [9.17, 15) is 9.90 Å². The van der Waals surface area contributed by atoms with Crippen LogP contribution in [0, 0.1) is 6.92 Å². The summed E-state index contributed by atoms with van der Waals surface area (Å²) in [6.07, 6.45) is 0.412. The Balaban J connectivity index is 2.70. The lowest BCUT2D eigenvalue weighted by molar-refractivity contribution is 0.0376. The van der Waals surface area contributed by atoms with Crippen LogP contribution in [0.5, 0.6) is 11.5 Å². The van der Waals surface area contributed by atoms with E-state index >= 15 is 0 Å². The van der Waals surface area contributed by atoms with Crippen LogP contribution in [0.25, 0.3) is 0 Å². The molecule has 2 rings (SSSR count). The van der Waals surface area contributed by atoms with Gasteiger partial charge in [0.1, 0.15) is 23.2 Å². The molecular formula is C12H14O4. The Labute approximate surface area is 93.8 Å². The number of fused-ring (bicyclic) bond motifs is 1. The SMILES string of the molecule is CCC1OC(=O)c2c(O)cc(OC)c(C)c21. The van der Waals surface area contributed by atoms with E-state index in [0.717, 1.165) is 11.1 Å². The number of esters is 1. The van der Waals surface area contributed by atoms with Gasteiger partial charge in [-0.2, -0.15) is 0 Å². The third kappa shape index (κ3) is 1.33. The summed E-state index contributed by atoms with van der Waals surface area (Å²) in [7, 11) is 1.53. The third-order valence-corrected chi connectivity index (χ3v) is 2.93. The van der Waals surface area contributed by atoms with Crippen molar-refractivity contribution in [1.29, 1.82) is 0 Å². The molecule has 16 heavy (non-hydrogen) atoms. The molecule has 0 saturated heterocycles. The summed E-state index contributed by atoms with van der Waals surface area (Å²) in [5.74, 6) is 0.0523. The first-order valence-electron chi connectivity index (χ1n) is 5.21. The van der Waals surface area contributed by atoms with Gasteiger partial charge in [0.2, 0.25) is 0 Å². The molecule has 1 aromatic rings. The minimum Gasteiger partial charge on any atom is -0.507 e. The Kier molecular flexibility index (Phi) is 2.50. The molecule has 1 unspecified atom stereocenters. The predicted molar refractivity (Wildman–Crippen MR) is 57.8 cm³/mol. The zero-order chi connectivity index (χ0) is 11.9. The number of benzene rings is 1. The van der Waals surface area contributed by atoms with Gasteiger partial charge in [0.05, 0.1) is 7.11 Å². The second kappa shape index (κ2) is 3.70. The van der Waals surface area contributed by atoms with Crippen LogP contribution in [0.4, 0.5) is 0 Å². The number of phenols is 1. The van der Waals surface area contributed by atoms with Crippen molar-refractivity contribution < 1.29 is 19.4 Å². The van der Waals surface area contributed by atoms with Gasteiger partial charge in [-0.15, -0.1) is 0 Å². The van der Waals surface area contributed by atoms with E-state index in [1.54, 1.807) is 0 Å². The highest BCUT2D eigenvalue weighted by Crippen LogP contribution is 2.43. The largest absolute Gasteiger partial charge is 0.507 e. The summed E-state index contributed by atoms with van der Waals surface area (Å²) in [6.45, 7) is 3.80. The van der Waals surface area contributed by atoms with E-state index in [1.165, 1.54) is 13.2 Å². The fraction of sp³-hybridized carbons (Fsp3) is 0.417. The average Bonchev–Trinajstić information content (AvgIpc) is 2.61. The number of carbonyl (C=O) groups excluding carboxylic acids is 1. The minimum absolute atomic E-state index is 0.0709. The molecule has 1 aromatic carbocycles. The first-order valence-corrected chi connectivity index (χ1v) is 5.21. The normalized spacial score (nSPS) is 18.2. The first kappa shape index (κ1) is 10.8. The van der Waals surface area contributed by atoms with Gasteiger partial charge in [0.25, 0.3) is 0 Å². The maximum Gasteiger partial charge on any atom is 0.342 e. The van der Waals surface area contributed by atoms with E-state index in [1.807, 2.05) is 13.8 Å². The molecule has 1 N–H and O–H groups in total. The molecule has 0 saturated carbocycles. The van der Waals surface area contributed by atoms with Crippen molar-refractivity contribution in [2.75, 3.05) is 7.11 Å². The van der Waals surface area contributed by atoms with E-state index < -0.39 is 5.97 Å². The minimum atomic E-state index is -0.454. The smallest absolute Gasteiger partial charge is 0.342 e. The van der Waals surface area contributed by atoms with Crippen LogP contribution in [0.1, 0.15) is 40.9 Å².